The van der Waals surface area contributed by atoms with Gasteiger partial charge < -0.3 is 14.8 Å². The van der Waals surface area contributed by atoms with Crippen LogP contribution in [0.25, 0.3) is 11.1 Å². The number of hydrogen-bond acceptors (Lipinski definition) is 4. The number of hydrogen-bond donors (Lipinski definition) is 2. The summed E-state index contributed by atoms with van der Waals surface area (Å²) < 4.78 is 4.57. The van der Waals surface area contributed by atoms with Crippen molar-refractivity contribution in [1.29, 1.82) is 0 Å². The van der Waals surface area contributed by atoms with Crippen LogP contribution in [0.2, 0.25) is 5.02 Å². The number of halogens is 1. The Morgan fingerprint density at radius 1 is 1.29 bits per heavy atom. The number of carbonyl (C=O) groups excluding carboxylic acids is 1. The summed E-state index contributed by atoms with van der Waals surface area (Å²) in [6.07, 6.45) is 1.11. The van der Waals surface area contributed by atoms with E-state index < -0.39 is 17.5 Å². The monoisotopic (exact) mass is 307 g/mol. The van der Waals surface area contributed by atoms with Crippen LogP contribution in [0.1, 0.15) is 20.7 Å². The fourth-order valence-corrected chi connectivity index (χ4v) is 2.04. The van der Waals surface area contributed by atoms with Gasteiger partial charge in [0.05, 0.1) is 23.3 Å². The van der Waals surface area contributed by atoms with Gasteiger partial charge in [0.1, 0.15) is 0 Å². The minimum absolute atomic E-state index is 0.0576. The van der Waals surface area contributed by atoms with Crippen LogP contribution in [-0.2, 0) is 4.74 Å². The summed E-state index contributed by atoms with van der Waals surface area (Å²) >= 11 is 5.98. The van der Waals surface area contributed by atoms with E-state index in [9.17, 15) is 14.4 Å². The zero-order valence-electron chi connectivity index (χ0n) is 10.8. The molecule has 0 fully saturated rings. The summed E-state index contributed by atoms with van der Waals surface area (Å²) in [5.74, 6) is -1.76. The van der Waals surface area contributed by atoms with Crippen LogP contribution in [0, 0.1) is 0 Å². The van der Waals surface area contributed by atoms with E-state index in [2.05, 4.69) is 9.72 Å². The first-order valence-electron chi connectivity index (χ1n) is 5.78. The van der Waals surface area contributed by atoms with Crippen LogP contribution < -0.4 is 5.56 Å². The van der Waals surface area contributed by atoms with E-state index in [0.29, 0.717) is 5.56 Å². The molecule has 0 saturated heterocycles. The molecule has 2 N–H and O–H groups in total. The number of pyridine rings is 1. The molecule has 0 saturated carbocycles. The lowest BCUT2D eigenvalue weighted by Crippen LogP contribution is -2.11. The van der Waals surface area contributed by atoms with Crippen LogP contribution in [0.15, 0.2) is 35.3 Å². The number of aromatic nitrogens is 1. The van der Waals surface area contributed by atoms with Crippen molar-refractivity contribution in [1.82, 2.24) is 4.98 Å². The molecule has 0 aliphatic heterocycles. The molecule has 1 aromatic heterocycles. The summed E-state index contributed by atoms with van der Waals surface area (Å²) in [7, 11) is 1.23. The van der Waals surface area contributed by atoms with Gasteiger partial charge in [-0.2, -0.15) is 0 Å². The molecular weight excluding hydrogens is 298 g/mol. The second-order valence-electron chi connectivity index (χ2n) is 4.12. The van der Waals surface area contributed by atoms with E-state index >= 15 is 0 Å². The van der Waals surface area contributed by atoms with Gasteiger partial charge in [-0.15, -0.1) is 0 Å². The van der Waals surface area contributed by atoms with E-state index in [0.717, 1.165) is 6.20 Å². The van der Waals surface area contributed by atoms with Crippen LogP contribution in [-0.4, -0.2) is 29.1 Å². The molecule has 0 aliphatic rings. The van der Waals surface area contributed by atoms with Crippen molar-refractivity contribution in [2.24, 2.45) is 0 Å². The number of esters is 1. The summed E-state index contributed by atoms with van der Waals surface area (Å²) in [6, 6.07) is 5.55. The maximum Gasteiger partial charge on any atom is 0.339 e. The molecule has 1 heterocycles. The second-order valence-corrected chi connectivity index (χ2v) is 4.53. The zero-order chi connectivity index (χ0) is 15.6. The van der Waals surface area contributed by atoms with Gasteiger partial charge in [0.25, 0.3) is 5.56 Å². The van der Waals surface area contributed by atoms with Crippen LogP contribution >= 0.6 is 11.6 Å². The number of ether oxygens (including phenoxy) is 1. The first-order valence-corrected chi connectivity index (χ1v) is 6.16. The number of H-pyrrole nitrogens is 1. The van der Waals surface area contributed by atoms with Crippen molar-refractivity contribution in [2.75, 3.05) is 7.11 Å². The summed E-state index contributed by atoms with van der Waals surface area (Å²) in [6.45, 7) is 0. The standard InChI is InChI=1S/C14H10ClNO5/c1-21-14(20)9-3-2-7(5-11(9)15)10-4-8(13(18)19)6-16-12(10)17/h2-6H,1H3,(H,16,17)(H,18,19). The molecule has 2 aromatic rings. The Labute approximate surface area is 123 Å². The predicted molar refractivity (Wildman–Crippen MR) is 75.8 cm³/mol. The highest BCUT2D eigenvalue weighted by Crippen LogP contribution is 2.24. The summed E-state index contributed by atoms with van der Waals surface area (Å²) in [5.41, 5.74) is 0.193. The van der Waals surface area contributed by atoms with Crippen LogP contribution in [0.4, 0.5) is 0 Å². The van der Waals surface area contributed by atoms with E-state index in [1.54, 1.807) is 0 Å². The average molecular weight is 308 g/mol. The van der Waals surface area contributed by atoms with Gasteiger partial charge in [-0.05, 0) is 23.8 Å². The highest BCUT2D eigenvalue weighted by atomic mass is 35.5. The predicted octanol–water partition coefficient (Wildman–Crippen LogP) is 2.18. The largest absolute Gasteiger partial charge is 0.478 e. The quantitative estimate of drug-likeness (QED) is 0.847. The van der Waals surface area contributed by atoms with Crippen molar-refractivity contribution in [3.63, 3.8) is 0 Å². The Morgan fingerprint density at radius 2 is 2.00 bits per heavy atom. The van der Waals surface area contributed by atoms with Crippen molar-refractivity contribution in [3.05, 3.63) is 57.0 Å². The molecule has 1 aromatic carbocycles. The Hall–Kier alpha value is -2.60. The molecule has 0 aliphatic carbocycles. The minimum atomic E-state index is -1.16. The first kappa shape index (κ1) is 14.8. The number of methoxy groups -OCH3 is 1. The first-order chi connectivity index (χ1) is 9.93. The number of rotatable bonds is 3. The molecule has 0 spiro atoms. The van der Waals surface area contributed by atoms with Gasteiger partial charge in [-0.25, -0.2) is 9.59 Å². The maximum atomic E-state index is 11.8. The van der Waals surface area contributed by atoms with E-state index in [-0.39, 0.29) is 21.7 Å². The SMILES string of the molecule is COC(=O)c1ccc(-c2cc(C(=O)O)c[nH]c2=O)cc1Cl. The van der Waals surface area contributed by atoms with Gasteiger partial charge in [0, 0.05) is 11.8 Å². The van der Waals surface area contributed by atoms with Gasteiger partial charge in [-0.1, -0.05) is 17.7 Å². The van der Waals surface area contributed by atoms with Crippen LogP contribution in [0.3, 0.4) is 0 Å². The van der Waals surface area contributed by atoms with Crippen LogP contribution in [0.5, 0.6) is 0 Å². The molecule has 0 radical (unpaired) electrons. The zero-order valence-corrected chi connectivity index (χ0v) is 11.6. The molecule has 0 unspecified atom stereocenters. The summed E-state index contributed by atoms with van der Waals surface area (Å²) in [5, 5.41) is 9.05. The molecule has 6 nitrogen and oxygen atoms in total. The third-order valence-electron chi connectivity index (χ3n) is 2.84. The van der Waals surface area contributed by atoms with Gasteiger partial charge in [0.2, 0.25) is 0 Å². The van der Waals surface area contributed by atoms with Crippen molar-refractivity contribution >= 4 is 23.5 Å². The van der Waals surface area contributed by atoms with Gasteiger partial charge >= 0.3 is 11.9 Å². The Bertz CT molecular complexity index is 781. The topological polar surface area (TPSA) is 96.5 Å². The minimum Gasteiger partial charge on any atom is -0.478 e. The Morgan fingerprint density at radius 3 is 2.57 bits per heavy atom. The van der Waals surface area contributed by atoms with Crippen molar-refractivity contribution in [2.45, 2.75) is 0 Å². The molecule has 0 bridgehead atoms. The summed E-state index contributed by atoms with van der Waals surface area (Å²) in [4.78, 5) is 36.5. The third-order valence-corrected chi connectivity index (χ3v) is 3.15. The fraction of sp³-hybridized carbons (Fsp3) is 0.0714. The molecule has 2 rings (SSSR count). The average Bonchev–Trinajstić information content (AvgIpc) is 2.46. The van der Waals surface area contributed by atoms with Crippen molar-refractivity contribution < 1.29 is 19.4 Å². The second kappa shape index (κ2) is 5.80. The molecule has 0 amide bonds. The number of carbonyl (C=O) groups is 2. The molecule has 108 valence electrons. The number of nitrogens with one attached hydrogen (secondary N) is 1. The smallest absolute Gasteiger partial charge is 0.339 e. The van der Waals surface area contributed by atoms with Gasteiger partial charge in [0.15, 0.2) is 0 Å². The number of carboxylic acids is 1. The lowest BCUT2D eigenvalue weighted by molar-refractivity contribution is 0.0600. The van der Waals surface area contributed by atoms with E-state index in [1.165, 1.54) is 31.4 Å². The molecular formula is C14H10ClNO5. The highest BCUT2D eigenvalue weighted by molar-refractivity contribution is 6.33. The highest BCUT2D eigenvalue weighted by Gasteiger charge is 2.14. The number of carboxylic acid groups (broad SMARTS) is 1. The fourth-order valence-electron chi connectivity index (χ4n) is 1.78. The van der Waals surface area contributed by atoms with Gasteiger partial charge in [-0.3, -0.25) is 4.79 Å². The number of aromatic carboxylic acids is 1. The number of aromatic amines is 1. The normalized spacial score (nSPS) is 10.2. The molecule has 0 atom stereocenters. The maximum absolute atomic E-state index is 11.8. The van der Waals surface area contributed by atoms with Crippen molar-refractivity contribution in [3.8, 4) is 11.1 Å². The lowest BCUT2D eigenvalue weighted by Gasteiger charge is -2.06. The van der Waals surface area contributed by atoms with E-state index in [4.69, 9.17) is 16.7 Å². The third kappa shape index (κ3) is 2.95. The number of benzene rings is 1. The molecule has 7 heteroatoms. The van der Waals surface area contributed by atoms with E-state index in [1.807, 2.05) is 0 Å². The molecule has 21 heavy (non-hydrogen) atoms. The lowest BCUT2D eigenvalue weighted by atomic mass is 10.0. The Kier molecular flexibility index (Phi) is 4.09. The Balaban J connectivity index is 2.55.